The molecule has 8 heteroatoms. The molecule has 0 spiro atoms. The van der Waals surface area contributed by atoms with E-state index in [9.17, 15) is 9.90 Å². The summed E-state index contributed by atoms with van der Waals surface area (Å²) in [5.41, 5.74) is 1.12. The maximum absolute atomic E-state index is 12.3. The van der Waals surface area contributed by atoms with Gasteiger partial charge in [-0.2, -0.15) is 4.98 Å². The van der Waals surface area contributed by atoms with Gasteiger partial charge in [-0.3, -0.25) is 4.79 Å². The van der Waals surface area contributed by atoms with E-state index in [1.54, 1.807) is 13.0 Å². The van der Waals surface area contributed by atoms with Gasteiger partial charge in [-0.15, -0.1) is 0 Å². The summed E-state index contributed by atoms with van der Waals surface area (Å²) in [7, 11) is 0. The molecule has 26 heavy (non-hydrogen) atoms. The van der Waals surface area contributed by atoms with Crippen molar-refractivity contribution in [1.82, 2.24) is 20.6 Å². The Labute approximate surface area is 149 Å². The third kappa shape index (κ3) is 3.23. The lowest BCUT2D eigenvalue weighted by molar-refractivity contribution is 0.0892. The van der Waals surface area contributed by atoms with Gasteiger partial charge in [0.1, 0.15) is 6.10 Å². The molecule has 0 saturated heterocycles. The molecule has 1 fully saturated rings. The maximum atomic E-state index is 12.3. The molecule has 2 aromatic heterocycles. The third-order valence-electron chi connectivity index (χ3n) is 4.45. The van der Waals surface area contributed by atoms with Crippen molar-refractivity contribution in [3.05, 3.63) is 53.8 Å². The first-order valence-corrected chi connectivity index (χ1v) is 8.44. The first-order valence-electron chi connectivity index (χ1n) is 8.44. The van der Waals surface area contributed by atoms with Crippen LogP contribution in [0.15, 0.2) is 45.4 Å². The van der Waals surface area contributed by atoms with Gasteiger partial charge in [-0.05, 0) is 19.8 Å². The van der Waals surface area contributed by atoms with Gasteiger partial charge in [-0.25, -0.2) is 0 Å². The summed E-state index contributed by atoms with van der Waals surface area (Å²) in [5.74, 6) is 1.16. The van der Waals surface area contributed by atoms with Crippen LogP contribution in [-0.4, -0.2) is 32.4 Å². The van der Waals surface area contributed by atoms with Gasteiger partial charge >= 0.3 is 0 Å². The number of hydrogen-bond acceptors (Lipinski definition) is 7. The normalized spacial score (nSPS) is 20.4. The lowest BCUT2D eigenvalue weighted by Gasteiger charge is -2.33. The number of carbonyl (C=O) groups excluding carboxylic acids is 1. The van der Waals surface area contributed by atoms with Gasteiger partial charge < -0.3 is 19.5 Å². The summed E-state index contributed by atoms with van der Waals surface area (Å²) >= 11 is 0. The molecule has 1 saturated carbocycles. The summed E-state index contributed by atoms with van der Waals surface area (Å²) in [6.45, 7) is 1.58. The van der Waals surface area contributed by atoms with Crippen LogP contribution in [0.3, 0.4) is 0 Å². The number of nitrogens with zero attached hydrogens (tertiary/aromatic N) is 3. The number of carbonyl (C=O) groups is 1. The molecule has 1 aromatic carbocycles. The molecule has 1 amide bonds. The molecule has 8 nitrogen and oxygen atoms in total. The van der Waals surface area contributed by atoms with Crippen molar-refractivity contribution in [3.63, 3.8) is 0 Å². The zero-order valence-electron chi connectivity index (χ0n) is 14.1. The highest BCUT2D eigenvalue weighted by atomic mass is 16.5. The van der Waals surface area contributed by atoms with E-state index in [-0.39, 0.29) is 29.4 Å². The van der Waals surface area contributed by atoms with Gasteiger partial charge in [0.15, 0.2) is 17.3 Å². The fourth-order valence-corrected chi connectivity index (χ4v) is 2.90. The van der Waals surface area contributed by atoms with Crippen LogP contribution < -0.4 is 5.32 Å². The van der Waals surface area contributed by atoms with Crippen LogP contribution >= 0.6 is 0 Å². The van der Waals surface area contributed by atoms with Crippen LogP contribution in [0, 0.1) is 0 Å². The molecule has 0 bridgehead atoms. The lowest BCUT2D eigenvalue weighted by Crippen LogP contribution is -2.43. The summed E-state index contributed by atoms with van der Waals surface area (Å²) in [4.78, 5) is 16.5. The van der Waals surface area contributed by atoms with Gasteiger partial charge in [-0.1, -0.05) is 40.6 Å². The number of nitrogens with one attached hydrogen (secondary N) is 1. The Morgan fingerprint density at radius 3 is 2.69 bits per heavy atom. The number of aromatic nitrogens is 3. The Morgan fingerprint density at radius 2 is 2.00 bits per heavy atom. The second kappa shape index (κ2) is 6.72. The average Bonchev–Trinajstić information content (AvgIpc) is 3.28. The Hall–Kier alpha value is -3.00. The quantitative estimate of drug-likeness (QED) is 0.723. The number of amides is 1. The Bertz CT molecular complexity index is 897. The minimum atomic E-state index is -0.756. The minimum absolute atomic E-state index is 0.0197. The minimum Gasteiger partial charge on any atom is -0.385 e. The molecule has 134 valence electrons. The Kier molecular flexibility index (Phi) is 4.26. The van der Waals surface area contributed by atoms with Crippen molar-refractivity contribution in [2.24, 2.45) is 0 Å². The average molecular weight is 354 g/mol. The fourth-order valence-electron chi connectivity index (χ4n) is 2.90. The number of aliphatic hydroxyl groups excluding tert-OH is 1. The van der Waals surface area contributed by atoms with E-state index in [0.29, 0.717) is 24.5 Å². The molecule has 0 unspecified atom stereocenters. The van der Waals surface area contributed by atoms with Gasteiger partial charge in [0, 0.05) is 23.6 Å². The molecule has 0 aliphatic heterocycles. The van der Waals surface area contributed by atoms with Crippen molar-refractivity contribution < 1.29 is 18.9 Å². The van der Waals surface area contributed by atoms with Crippen LogP contribution in [0.2, 0.25) is 0 Å². The maximum Gasteiger partial charge on any atom is 0.273 e. The SMILES string of the molecule is C[C@H](O)c1noc([C@H]2C[C@H](NC(=O)c3cc(-c4ccccc4)on3)C2)n1. The lowest BCUT2D eigenvalue weighted by atomic mass is 9.80. The highest BCUT2D eigenvalue weighted by molar-refractivity contribution is 5.93. The molecule has 0 radical (unpaired) electrons. The first kappa shape index (κ1) is 16.5. The zero-order chi connectivity index (χ0) is 18.1. The molecule has 1 aliphatic carbocycles. The monoisotopic (exact) mass is 354 g/mol. The van der Waals surface area contributed by atoms with Gasteiger partial charge in [0.05, 0.1) is 0 Å². The topological polar surface area (TPSA) is 114 Å². The molecule has 2 heterocycles. The number of hydrogen-bond donors (Lipinski definition) is 2. The predicted octanol–water partition coefficient (Wildman–Crippen LogP) is 2.45. The van der Waals surface area contributed by atoms with Crippen LogP contribution in [0.1, 0.15) is 54.0 Å². The van der Waals surface area contributed by atoms with Crippen molar-refractivity contribution in [3.8, 4) is 11.3 Å². The third-order valence-corrected chi connectivity index (χ3v) is 4.45. The second-order valence-corrected chi connectivity index (χ2v) is 6.45. The van der Waals surface area contributed by atoms with Crippen LogP contribution in [0.5, 0.6) is 0 Å². The van der Waals surface area contributed by atoms with Crippen LogP contribution in [0.4, 0.5) is 0 Å². The van der Waals surface area contributed by atoms with Crippen molar-refractivity contribution in [2.45, 2.75) is 37.8 Å². The van der Waals surface area contributed by atoms with Crippen molar-refractivity contribution in [2.75, 3.05) is 0 Å². The largest absolute Gasteiger partial charge is 0.385 e. The summed E-state index contributed by atoms with van der Waals surface area (Å²) in [5, 5.41) is 19.9. The summed E-state index contributed by atoms with van der Waals surface area (Å²) in [6.07, 6.45) is 0.654. The van der Waals surface area contributed by atoms with E-state index in [1.165, 1.54) is 0 Å². The number of aliphatic hydroxyl groups is 1. The standard InChI is InChI=1S/C18H18N4O4/c1-10(23)16-20-18(26-22-16)12-7-13(8-12)19-17(24)14-9-15(25-21-14)11-5-3-2-4-6-11/h2-6,9-10,12-13,23H,7-8H2,1H3,(H,19,24)/t10-,12-,13-/m0/s1. The van der Waals surface area contributed by atoms with E-state index in [2.05, 4.69) is 20.6 Å². The molecule has 2 N–H and O–H groups in total. The highest BCUT2D eigenvalue weighted by Gasteiger charge is 2.36. The molecular weight excluding hydrogens is 336 g/mol. The molecule has 3 aromatic rings. The summed E-state index contributed by atoms with van der Waals surface area (Å²) in [6, 6.07) is 11.1. The Morgan fingerprint density at radius 1 is 1.23 bits per heavy atom. The van der Waals surface area contributed by atoms with E-state index in [0.717, 1.165) is 5.56 Å². The molecule has 4 rings (SSSR count). The summed E-state index contributed by atoms with van der Waals surface area (Å²) < 4.78 is 10.4. The van der Waals surface area contributed by atoms with Crippen LogP contribution in [0.25, 0.3) is 11.3 Å². The van der Waals surface area contributed by atoms with E-state index >= 15 is 0 Å². The number of benzene rings is 1. The van der Waals surface area contributed by atoms with E-state index < -0.39 is 6.10 Å². The number of rotatable bonds is 5. The first-order chi connectivity index (χ1) is 12.6. The second-order valence-electron chi connectivity index (χ2n) is 6.45. The van der Waals surface area contributed by atoms with Gasteiger partial charge in [0.2, 0.25) is 5.89 Å². The zero-order valence-corrected chi connectivity index (χ0v) is 14.1. The van der Waals surface area contributed by atoms with Crippen molar-refractivity contribution in [1.29, 1.82) is 0 Å². The van der Waals surface area contributed by atoms with E-state index in [4.69, 9.17) is 9.05 Å². The molecular formula is C18H18N4O4. The van der Waals surface area contributed by atoms with Crippen molar-refractivity contribution >= 4 is 5.91 Å². The van der Waals surface area contributed by atoms with Gasteiger partial charge in [0.25, 0.3) is 5.91 Å². The predicted molar refractivity (Wildman–Crippen MR) is 90.1 cm³/mol. The molecule has 1 aliphatic rings. The van der Waals surface area contributed by atoms with Crippen LogP contribution in [-0.2, 0) is 0 Å². The fraction of sp³-hybridized carbons (Fsp3) is 0.333. The molecule has 1 atom stereocenters. The van der Waals surface area contributed by atoms with E-state index in [1.807, 2.05) is 30.3 Å². The Balaban J connectivity index is 1.33. The smallest absolute Gasteiger partial charge is 0.273 e. The highest BCUT2D eigenvalue weighted by Crippen LogP contribution is 2.36.